The maximum absolute atomic E-state index is 14.4. The van der Waals surface area contributed by atoms with E-state index in [0.717, 1.165) is 95.8 Å². The van der Waals surface area contributed by atoms with Crippen molar-refractivity contribution in [3.63, 3.8) is 0 Å². The number of unbranched alkanes of at least 4 members (excludes halogenated alkanes) is 1. The zero-order valence-electron chi connectivity index (χ0n) is 30.1. The van der Waals surface area contributed by atoms with Crippen LogP contribution < -0.4 is 32.4 Å². The number of esters is 1. The van der Waals surface area contributed by atoms with E-state index in [2.05, 4.69) is 47.8 Å². The Balaban J connectivity index is 1.45. The molecule has 48 heavy (non-hydrogen) atoms. The summed E-state index contributed by atoms with van der Waals surface area (Å²) >= 11 is 0. The van der Waals surface area contributed by atoms with Crippen LogP contribution >= 0.6 is 0 Å². The van der Waals surface area contributed by atoms with Gasteiger partial charge in [-0.25, -0.2) is 4.79 Å². The number of guanidine groups is 1. The fourth-order valence-electron chi connectivity index (χ4n) is 9.87. The molecule has 0 aromatic carbocycles. The monoisotopic (exact) mass is 673 g/mol. The molecule has 10 N–H and O–H groups in total. The Kier molecular flexibility index (Phi) is 12.1. The number of nitrogens with one attached hydrogen (secondary N) is 2. The summed E-state index contributed by atoms with van der Waals surface area (Å²) in [4.78, 5) is 46.0. The molecule has 2 saturated heterocycles. The Morgan fingerprint density at radius 3 is 2.50 bits per heavy atom. The number of ketones is 2. The first-order valence-electron chi connectivity index (χ1n) is 19.2. The van der Waals surface area contributed by atoms with Crippen LogP contribution in [0.4, 0.5) is 0 Å². The van der Waals surface area contributed by atoms with Crippen molar-refractivity contribution in [1.82, 2.24) is 5.32 Å². The minimum Gasteiger partial charge on any atom is -0.463 e. The molecule has 5 aliphatic rings. The highest BCUT2D eigenvalue weighted by Gasteiger charge is 2.87. The van der Waals surface area contributed by atoms with E-state index in [1.165, 1.54) is 0 Å². The van der Waals surface area contributed by atoms with Crippen LogP contribution in [0.25, 0.3) is 0 Å². The molecule has 5 rings (SSSR count). The van der Waals surface area contributed by atoms with Gasteiger partial charge >= 0.3 is 11.9 Å². The van der Waals surface area contributed by atoms with E-state index < -0.39 is 23.1 Å². The molecule has 11 nitrogen and oxygen atoms in total. The second-order valence-electron chi connectivity index (χ2n) is 15.6. The Hall–Kier alpha value is -2.34. The number of Topliss-reactive ketones (excluding diaryl/α,β-unsaturated/α-hetero) is 2. The summed E-state index contributed by atoms with van der Waals surface area (Å²) in [7, 11) is 1.82. The molecule has 0 bridgehead atoms. The maximum Gasteiger partial charge on any atom is 0.350 e. The normalized spacial score (nSPS) is 34.6. The largest absolute Gasteiger partial charge is 0.463 e. The predicted molar refractivity (Wildman–Crippen MR) is 183 cm³/mol. The Bertz CT molecular complexity index is 1220. The maximum atomic E-state index is 14.4. The first-order chi connectivity index (χ1) is 23.1. The molecule has 0 aromatic heterocycles. The second-order valence-corrected chi connectivity index (χ2v) is 15.6. The van der Waals surface area contributed by atoms with E-state index in [9.17, 15) is 14.4 Å². The molecule has 2 aliphatic heterocycles. The van der Waals surface area contributed by atoms with Gasteiger partial charge in [-0.05, 0) is 46.0 Å². The van der Waals surface area contributed by atoms with Crippen LogP contribution in [0.3, 0.4) is 0 Å². The summed E-state index contributed by atoms with van der Waals surface area (Å²) in [6, 6.07) is 0.0576. The number of hydrogen-bond acceptors (Lipinski definition) is 6. The van der Waals surface area contributed by atoms with Gasteiger partial charge in [0.25, 0.3) is 5.60 Å². The van der Waals surface area contributed by atoms with Crippen molar-refractivity contribution in [3.8, 4) is 0 Å². The van der Waals surface area contributed by atoms with Crippen LogP contribution in [-0.4, -0.2) is 80.2 Å². The lowest BCUT2D eigenvalue weighted by Gasteiger charge is -2.43. The lowest BCUT2D eigenvalue weighted by atomic mass is 9.60. The van der Waals surface area contributed by atoms with Gasteiger partial charge in [-0.3, -0.25) is 31.4 Å². The van der Waals surface area contributed by atoms with Gasteiger partial charge in [0.2, 0.25) is 0 Å². The number of fused-ring (bicyclic) bond motifs is 2. The first kappa shape index (κ1) is 36.9. The number of ether oxygens (including phenoxy) is 2. The number of quaternary nitrogens is 2. The van der Waals surface area contributed by atoms with Gasteiger partial charge in [0.1, 0.15) is 6.17 Å². The topological polar surface area (TPSA) is 184 Å². The summed E-state index contributed by atoms with van der Waals surface area (Å²) in [5.74, 6) is -0.763. The predicted octanol–water partition coefficient (Wildman–Crippen LogP) is -0.476. The zero-order valence-corrected chi connectivity index (χ0v) is 30.1. The van der Waals surface area contributed by atoms with Crippen molar-refractivity contribution >= 4 is 23.5 Å². The number of nitrogens with two attached hydrogens (primary N) is 4. The third-order valence-electron chi connectivity index (χ3n) is 12.7. The first-order valence-corrected chi connectivity index (χ1v) is 19.2. The van der Waals surface area contributed by atoms with Crippen LogP contribution in [0, 0.1) is 29.1 Å². The molecule has 270 valence electrons. The number of epoxide rings is 1. The summed E-state index contributed by atoms with van der Waals surface area (Å²) in [5.41, 5.74) is 10.5. The fraction of sp³-hybridized carbons (Fsp3) is 0.838. The minimum absolute atomic E-state index is 0.0488. The van der Waals surface area contributed by atoms with Crippen LogP contribution in [0.15, 0.2) is 11.6 Å². The number of hydrogen-bond donors (Lipinski definition) is 6. The van der Waals surface area contributed by atoms with Gasteiger partial charge in [-0.1, -0.05) is 57.1 Å². The fourth-order valence-corrected chi connectivity index (χ4v) is 9.87. The summed E-state index contributed by atoms with van der Waals surface area (Å²) in [6.45, 7) is 9.45. The molecular formula is C37H65N6O5+3. The molecule has 8 atom stereocenters. The number of carbonyl (C=O) groups is 3. The van der Waals surface area contributed by atoms with Crippen LogP contribution in [0.5, 0.6) is 0 Å². The average Bonchev–Trinajstić information content (AvgIpc) is 3.57. The van der Waals surface area contributed by atoms with E-state index in [1.807, 2.05) is 7.05 Å². The van der Waals surface area contributed by atoms with Crippen molar-refractivity contribution in [3.05, 3.63) is 11.6 Å². The highest BCUT2D eigenvalue weighted by Crippen LogP contribution is 2.62. The molecule has 0 aromatic rings. The van der Waals surface area contributed by atoms with Gasteiger partial charge in [-0.2, -0.15) is 0 Å². The molecule has 0 spiro atoms. The smallest absolute Gasteiger partial charge is 0.350 e. The SMILES string of the molecule is CCCCC(C[NH2+]CC)COC(=O)C12OC1(CC=C(C)C1(C(NC(N)=[NH+]C)C3CC[NH2+]C(N)C3)CCCC1)C(=O)C1CCCCC1C2=O. The molecule has 3 aliphatic carbocycles. The van der Waals surface area contributed by atoms with Crippen LogP contribution in [0.2, 0.25) is 0 Å². The van der Waals surface area contributed by atoms with Crippen molar-refractivity contribution in [2.45, 2.75) is 134 Å². The van der Waals surface area contributed by atoms with Crippen molar-refractivity contribution in [1.29, 1.82) is 0 Å². The molecule has 0 radical (unpaired) electrons. The molecule has 11 heteroatoms. The van der Waals surface area contributed by atoms with E-state index in [4.69, 9.17) is 20.9 Å². The lowest BCUT2D eigenvalue weighted by molar-refractivity contribution is -0.699. The van der Waals surface area contributed by atoms with Crippen LogP contribution in [-0.2, 0) is 23.9 Å². The second kappa shape index (κ2) is 15.7. The van der Waals surface area contributed by atoms with Gasteiger partial charge in [0.05, 0.1) is 39.3 Å². The third kappa shape index (κ3) is 6.86. The van der Waals surface area contributed by atoms with Gasteiger partial charge in [0, 0.05) is 48.3 Å². The average molecular weight is 674 g/mol. The van der Waals surface area contributed by atoms with E-state index in [1.54, 1.807) is 0 Å². The molecule has 8 unspecified atom stereocenters. The molecule has 3 saturated carbocycles. The van der Waals surface area contributed by atoms with E-state index in [0.29, 0.717) is 24.7 Å². The number of carbonyl (C=O) groups excluding carboxylic acids is 3. The van der Waals surface area contributed by atoms with Crippen molar-refractivity contribution in [2.75, 3.05) is 33.3 Å². The van der Waals surface area contributed by atoms with Crippen LogP contribution in [0.1, 0.15) is 111 Å². The minimum atomic E-state index is -1.83. The summed E-state index contributed by atoms with van der Waals surface area (Å²) in [6.07, 6.45) is 14.6. The third-order valence-corrected chi connectivity index (χ3v) is 12.7. The van der Waals surface area contributed by atoms with Crippen molar-refractivity contribution < 1.29 is 39.5 Å². The van der Waals surface area contributed by atoms with Gasteiger partial charge in [-0.15, -0.1) is 0 Å². The highest BCUT2D eigenvalue weighted by atomic mass is 16.7. The Labute approximate surface area is 287 Å². The number of piperidine rings is 1. The molecule has 5 fully saturated rings. The molecule has 2 heterocycles. The molecule has 0 amide bonds. The Morgan fingerprint density at radius 1 is 1.15 bits per heavy atom. The van der Waals surface area contributed by atoms with Gasteiger partial charge < -0.3 is 20.1 Å². The van der Waals surface area contributed by atoms with Gasteiger partial charge in [0.15, 0.2) is 17.2 Å². The van der Waals surface area contributed by atoms with E-state index in [-0.39, 0.29) is 54.1 Å². The Morgan fingerprint density at radius 2 is 1.85 bits per heavy atom. The highest BCUT2D eigenvalue weighted by molar-refractivity contribution is 6.23. The summed E-state index contributed by atoms with van der Waals surface area (Å²) < 4.78 is 12.3. The van der Waals surface area contributed by atoms with E-state index >= 15 is 0 Å². The summed E-state index contributed by atoms with van der Waals surface area (Å²) in [5, 5.41) is 8.09. The van der Waals surface area contributed by atoms with Crippen molar-refractivity contribution in [2.24, 2.45) is 40.6 Å². The lowest BCUT2D eigenvalue weighted by Crippen LogP contribution is -2.95. The quantitative estimate of drug-likeness (QED) is 0.0337. The standard InChI is InChI=1S/C37H62N6O5/c1-5-7-12-25(22-41-6-2)23-47-33(46)37-32(45)28-14-9-8-13-27(28)31(44)36(37,48-37)19-15-24(3)35(17-10-11-18-35)30(43-34(39)40-4)26-16-20-42-29(38)21-26/h15,25-30,41-42H,5-14,16-23,38H2,1-4H3,(H3,39,40,43)/p+3. The molecular weight excluding hydrogens is 608 g/mol. The number of rotatable bonds is 15. The zero-order chi connectivity index (χ0) is 34.5.